The van der Waals surface area contributed by atoms with Gasteiger partial charge < -0.3 is 10.6 Å². The van der Waals surface area contributed by atoms with E-state index < -0.39 is 0 Å². The van der Waals surface area contributed by atoms with E-state index in [0.29, 0.717) is 12.6 Å². The molecule has 104 valence electrons. The van der Waals surface area contributed by atoms with Crippen molar-refractivity contribution in [3.8, 4) is 0 Å². The van der Waals surface area contributed by atoms with Gasteiger partial charge in [0.25, 0.3) is 0 Å². The zero-order chi connectivity index (χ0) is 13.4. The fourth-order valence-electron chi connectivity index (χ4n) is 3.05. The van der Waals surface area contributed by atoms with Gasteiger partial charge in [0.2, 0.25) is 0 Å². The first-order valence-corrected chi connectivity index (χ1v) is 8.01. The summed E-state index contributed by atoms with van der Waals surface area (Å²) in [4.78, 5) is 8.42. The van der Waals surface area contributed by atoms with Gasteiger partial charge in [-0.25, -0.2) is 4.98 Å². The van der Waals surface area contributed by atoms with Crippen molar-refractivity contribution in [1.29, 1.82) is 0 Å². The van der Waals surface area contributed by atoms with Gasteiger partial charge in [-0.1, -0.05) is 6.92 Å². The average Bonchev–Trinajstić information content (AvgIpc) is 2.96. The van der Waals surface area contributed by atoms with Gasteiger partial charge in [-0.3, -0.25) is 4.40 Å². The Morgan fingerprint density at radius 2 is 2.32 bits per heavy atom. The molecule has 0 bridgehead atoms. The number of thiazole rings is 1. The molecule has 0 radical (unpaired) electrons. The second kappa shape index (κ2) is 5.13. The number of aromatic nitrogens is 2. The second-order valence-electron chi connectivity index (χ2n) is 5.53. The molecular weight excluding hydrogens is 256 g/mol. The summed E-state index contributed by atoms with van der Waals surface area (Å²) in [6.07, 6.45) is 5.59. The van der Waals surface area contributed by atoms with Crippen molar-refractivity contribution in [2.45, 2.75) is 39.2 Å². The van der Waals surface area contributed by atoms with Crippen LogP contribution in [0.25, 0.3) is 4.96 Å². The molecule has 0 spiro atoms. The van der Waals surface area contributed by atoms with Crippen LogP contribution >= 0.6 is 11.3 Å². The lowest BCUT2D eigenvalue weighted by Gasteiger charge is -2.38. The molecule has 4 nitrogen and oxygen atoms in total. The van der Waals surface area contributed by atoms with Crippen LogP contribution in [0, 0.1) is 5.92 Å². The zero-order valence-electron chi connectivity index (χ0n) is 11.7. The van der Waals surface area contributed by atoms with Crippen LogP contribution in [0.4, 0.5) is 5.82 Å². The molecule has 1 fully saturated rings. The number of anilines is 1. The van der Waals surface area contributed by atoms with E-state index in [1.165, 1.54) is 18.5 Å². The normalized spacial score (nSPS) is 24.3. The third-order valence-electron chi connectivity index (χ3n) is 4.37. The Kier molecular flexibility index (Phi) is 3.50. The lowest BCUT2D eigenvalue weighted by Crippen LogP contribution is -2.43. The van der Waals surface area contributed by atoms with Gasteiger partial charge in [-0.2, -0.15) is 0 Å². The molecular formula is C14H22N4S. The lowest BCUT2D eigenvalue weighted by molar-refractivity contribution is 0.361. The van der Waals surface area contributed by atoms with Gasteiger partial charge in [0, 0.05) is 30.6 Å². The third kappa shape index (κ3) is 2.15. The summed E-state index contributed by atoms with van der Waals surface area (Å²) in [6.45, 7) is 6.46. The number of fused-ring (bicyclic) bond motifs is 1. The van der Waals surface area contributed by atoms with Crippen molar-refractivity contribution in [2.75, 3.05) is 18.0 Å². The summed E-state index contributed by atoms with van der Waals surface area (Å²) in [5.74, 6) is 1.90. The molecule has 3 rings (SSSR count). The Bertz CT molecular complexity index is 559. The summed E-state index contributed by atoms with van der Waals surface area (Å²) in [6, 6.07) is 0.565. The summed E-state index contributed by atoms with van der Waals surface area (Å²) >= 11 is 1.70. The second-order valence-corrected chi connectivity index (χ2v) is 6.40. The third-order valence-corrected chi connectivity index (χ3v) is 5.12. The van der Waals surface area contributed by atoms with E-state index in [1.807, 2.05) is 0 Å². The standard InChI is InChI=1S/C14H22N4S/c1-10-4-3-7-17(11(10)2)13-12(5-6-15)18-8-9-19-14(18)16-13/h8-11H,3-7,15H2,1-2H3. The fraction of sp³-hybridized carbons (Fsp3) is 0.643. The summed E-state index contributed by atoms with van der Waals surface area (Å²) in [7, 11) is 0. The molecule has 2 aromatic heterocycles. The predicted molar refractivity (Wildman–Crippen MR) is 81.0 cm³/mol. The summed E-state index contributed by atoms with van der Waals surface area (Å²) < 4.78 is 2.21. The maximum absolute atomic E-state index is 5.78. The highest BCUT2D eigenvalue weighted by Crippen LogP contribution is 2.32. The van der Waals surface area contributed by atoms with Crippen molar-refractivity contribution in [1.82, 2.24) is 9.38 Å². The molecule has 0 saturated carbocycles. The van der Waals surface area contributed by atoms with Crippen LogP contribution in [-0.4, -0.2) is 28.5 Å². The predicted octanol–water partition coefficient (Wildman–Crippen LogP) is 2.52. The Hall–Kier alpha value is -1.07. The number of nitrogens with two attached hydrogens (primary N) is 1. The fourth-order valence-corrected chi connectivity index (χ4v) is 3.78. The van der Waals surface area contributed by atoms with Crippen LogP contribution in [0.5, 0.6) is 0 Å². The first kappa shape index (κ1) is 12.9. The minimum Gasteiger partial charge on any atom is -0.352 e. The Labute approximate surface area is 118 Å². The van der Waals surface area contributed by atoms with E-state index in [-0.39, 0.29) is 0 Å². The molecule has 2 N–H and O–H groups in total. The van der Waals surface area contributed by atoms with Crippen molar-refractivity contribution in [3.63, 3.8) is 0 Å². The monoisotopic (exact) mass is 278 g/mol. The van der Waals surface area contributed by atoms with Crippen LogP contribution in [0.2, 0.25) is 0 Å². The van der Waals surface area contributed by atoms with Crippen LogP contribution in [-0.2, 0) is 6.42 Å². The van der Waals surface area contributed by atoms with Gasteiger partial charge in [-0.05, 0) is 32.2 Å². The molecule has 1 saturated heterocycles. The largest absolute Gasteiger partial charge is 0.352 e. The Morgan fingerprint density at radius 1 is 1.47 bits per heavy atom. The van der Waals surface area contributed by atoms with Crippen molar-refractivity contribution >= 4 is 22.1 Å². The SMILES string of the molecule is CC1CCCN(c2nc3sccn3c2CCN)C1C. The molecule has 0 aromatic carbocycles. The number of rotatable bonds is 3. The molecule has 0 aliphatic carbocycles. The topological polar surface area (TPSA) is 46.6 Å². The molecule has 5 heteroatoms. The molecule has 2 aromatic rings. The number of nitrogens with zero attached hydrogens (tertiary/aromatic N) is 3. The van der Waals surface area contributed by atoms with Gasteiger partial charge in [0.05, 0.1) is 5.69 Å². The average molecular weight is 278 g/mol. The number of hydrogen-bond acceptors (Lipinski definition) is 4. The summed E-state index contributed by atoms with van der Waals surface area (Å²) in [5.41, 5.74) is 7.06. The minimum absolute atomic E-state index is 0.565. The van der Waals surface area contributed by atoms with E-state index in [9.17, 15) is 0 Å². The van der Waals surface area contributed by atoms with E-state index in [0.717, 1.165) is 29.7 Å². The number of piperidine rings is 1. The van der Waals surface area contributed by atoms with Gasteiger partial charge in [0.1, 0.15) is 0 Å². The van der Waals surface area contributed by atoms with Crippen LogP contribution < -0.4 is 10.6 Å². The first-order valence-electron chi connectivity index (χ1n) is 7.13. The van der Waals surface area contributed by atoms with Gasteiger partial charge >= 0.3 is 0 Å². The van der Waals surface area contributed by atoms with Crippen molar-refractivity contribution < 1.29 is 0 Å². The van der Waals surface area contributed by atoms with E-state index in [1.54, 1.807) is 11.3 Å². The highest BCUT2D eigenvalue weighted by atomic mass is 32.1. The maximum Gasteiger partial charge on any atom is 0.195 e. The van der Waals surface area contributed by atoms with Crippen LogP contribution in [0.1, 0.15) is 32.4 Å². The lowest BCUT2D eigenvalue weighted by atomic mass is 9.92. The molecule has 0 amide bonds. The Morgan fingerprint density at radius 3 is 3.11 bits per heavy atom. The van der Waals surface area contributed by atoms with Gasteiger partial charge in [0.15, 0.2) is 10.8 Å². The van der Waals surface area contributed by atoms with E-state index in [4.69, 9.17) is 10.7 Å². The van der Waals surface area contributed by atoms with Gasteiger partial charge in [-0.15, -0.1) is 11.3 Å². The van der Waals surface area contributed by atoms with E-state index in [2.05, 4.69) is 34.7 Å². The minimum atomic E-state index is 0.565. The Balaban J connectivity index is 2.03. The highest BCUT2D eigenvalue weighted by molar-refractivity contribution is 7.15. The van der Waals surface area contributed by atoms with Crippen LogP contribution in [0.3, 0.4) is 0 Å². The summed E-state index contributed by atoms with van der Waals surface area (Å²) in [5, 5.41) is 2.09. The van der Waals surface area contributed by atoms with Crippen molar-refractivity contribution in [2.24, 2.45) is 11.7 Å². The van der Waals surface area contributed by atoms with E-state index >= 15 is 0 Å². The smallest absolute Gasteiger partial charge is 0.195 e. The molecule has 3 heterocycles. The quantitative estimate of drug-likeness (QED) is 0.938. The molecule has 1 aliphatic rings. The van der Waals surface area contributed by atoms with Crippen molar-refractivity contribution in [3.05, 3.63) is 17.3 Å². The maximum atomic E-state index is 5.78. The molecule has 2 unspecified atom stereocenters. The molecule has 1 aliphatic heterocycles. The number of hydrogen-bond donors (Lipinski definition) is 1. The molecule has 19 heavy (non-hydrogen) atoms. The number of imidazole rings is 1. The van der Waals surface area contributed by atoms with Crippen LogP contribution in [0.15, 0.2) is 11.6 Å². The first-order chi connectivity index (χ1) is 9.22. The molecule has 2 atom stereocenters. The zero-order valence-corrected chi connectivity index (χ0v) is 12.5. The highest BCUT2D eigenvalue weighted by Gasteiger charge is 2.28.